The molecule has 0 atom stereocenters. The first-order valence-corrected chi connectivity index (χ1v) is 6.51. The molecule has 1 rings (SSSR count). The Morgan fingerprint density at radius 3 is 2.33 bits per heavy atom. The number of hydrogen-bond acceptors (Lipinski definition) is 3. The van der Waals surface area contributed by atoms with Gasteiger partial charge < -0.3 is 9.47 Å². The second-order valence-electron chi connectivity index (χ2n) is 4.29. The molecule has 1 aromatic rings. The number of benzene rings is 1. The van der Waals surface area contributed by atoms with Crippen molar-refractivity contribution in [2.24, 2.45) is 0 Å². The molecular weight excluding hydrogens is 228 g/mol. The van der Waals surface area contributed by atoms with Gasteiger partial charge in [-0.15, -0.1) is 0 Å². The van der Waals surface area contributed by atoms with Crippen molar-refractivity contribution in [2.75, 3.05) is 20.3 Å². The van der Waals surface area contributed by atoms with Gasteiger partial charge in [-0.25, -0.2) is 0 Å². The Morgan fingerprint density at radius 2 is 1.67 bits per heavy atom. The van der Waals surface area contributed by atoms with Crippen molar-refractivity contribution in [3.05, 3.63) is 35.9 Å². The molecule has 0 bridgehead atoms. The molecule has 1 aromatic carbocycles. The first kappa shape index (κ1) is 14.7. The van der Waals surface area contributed by atoms with Gasteiger partial charge in [-0.3, -0.25) is 4.79 Å². The molecule has 0 spiro atoms. The van der Waals surface area contributed by atoms with Gasteiger partial charge in [0, 0.05) is 13.7 Å². The third kappa shape index (κ3) is 7.07. The topological polar surface area (TPSA) is 35.5 Å². The lowest BCUT2D eigenvalue weighted by molar-refractivity contribution is -0.142. The highest BCUT2D eigenvalue weighted by molar-refractivity contribution is 5.72. The highest BCUT2D eigenvalue weighted by Crippen LogP contribution is 2.03. The first-order chi connectivity index (χ1) is 8.83. The van der Waals surface area contributed by atoms with Gasteiger partial charge in [0.1, 0.15) is 0 Å². The molecule has 0 N–H and O–H groups in total. The molecule has 0 aliphatic heterocycles. The molecule has 3 heteroatoms. The van der Waals surface area contributed by atoms with Crippen LogP contribution in [0.25, 0.3) is 0 Å². The Balaban J connectivity index is 2.00. The second kappa shape index (κ2) is 9.66. The van der Waals surface area contributed by atoms with E-state index in [-0.39, 0.29) is 5.97 Å². The zero-order valence-corrected chi connectivity index (χ0v) is 11.1. The Kier molecular flexibility index (Phi) is 7.89. The summed E-state index contributed by atoms with van der Waals surface area (Å²) in [7, 11) is 1.71. The molecule has 0 fully saturated rings. The average Bonchev–Trinajstić information content (AvgIpc) is 2.39. The maximum absolute atomic E-state index is 11.5. The van der Waals surface area contributed by atoms with Crippen molar-refractivity contribution < 1.29 is 14.3 Å². The number of rotatable bonds is 9. The normalized spacial score (nSPS) is 10.3. The lowest BCUT2D eigenvalue weighted by Crippen LogP contribution is -2.09. The van der Waals surface area contributed by atoms with Crippen LogP contribution >= 0.6 is 0 Å². The van der Waals surface area contributed by atoms with Crippen molar-refractivity contribution in [1.82, 2.24) is 0 Å². The summed E-state index contributed by atoms with van der Waals surface area (Å²) in [6.07, 6.45) is 4.59. The van der Waals surface area contributed by atoms with E-state index in [0.29, 0.717) is 13.0 Å². The third-order valence-electron chi connectivity index (χ3n) is 2.70. The van der Waals surface area contributed by atoms with E-state index in [4.69, 9.17) is 9.47 Å². The lowest BCUT2D eigenvalue weighted by Gasteiger charge is -2.05. The van der Waals surface area contributed by atoms with Gasteiger partial charge in [-0.1, -0.05) is 36.8 Å². The Hall–Kier alpha value is -1.35. The molecule has 0 aromatic heterocycles. The number of ether oxygens (including phenoxy) is 2. The van der Waals surface area contributed by atoms with Crippen molar-refractivity contribution in [3.63, 3.8) is 0 Å². The zero-order valence-electron chi connectivity index (χ0n) is 11.1. The molecule has 18 heavy (non-hydrogen) atoms. The molecule has 0 saturated carbocycles. The molecule has 0 aliphatic rings. The number of carbonyl (C=O) groups is 1. The Bertz CT molecular complexity index is 322. The number of unbranched alkanes of at least 4 members (excludes halogenated alkanes) is 3. The molecule has 0 saturated heterocycles. The molecule has 0 radical (unpaired) electrons. The summed E-state index contributed by atoms with van der Waals surface area (Å²) >= 11 is 0. The van der Waals surface area contributed by atoms with E-state index in [1.807, 2.05) is 30.3 Å². The summed E-state index contributed by atoms with van der Waals surface area (Å²) in [6, 6.07) is 9.67. The minimum Gasteiger partial charge on any atom is -0.465 e. The van der Waals surface area contributed by atoms with Crippen molar-refractivity contribution >= 4 is 5.97 Å². The van der Waals surface area contributed by atoms with Crippen LogP contribution in [0.3, 0.4) is 0 Å². The third-order valence-corrected chi connectivity index (χ3v) is 2.70. The summed E-state index contributed by atoms with van der Waals surface area (Å²) in [5.41, 5.74) is 1.00. The summed E-state index contributed by atoms with van der Waals surface area (Å²) in [5.74, 6) is -0.141. The van der Waals surface area contributed by atoms with E-state index >= 15 is 0 Å². The first-order valence-electron chi connectivity index (χ1n) is 6.51. The summed E-state index contributed by atoms with van der Waals surface area (Å²) in [5, 5.41) is 0. The number of hydrogen-bond donors (Lipinski definition) is 0. The van der Waals surface area contributed by atoms with Gasteiger partial charge in [0.15, 0.2) is 0 Å². The van der Waals surface area contributed by atoms with E-state index in [9.17, 15) is 4.79 Å². The standard InChI is InChI=1S/C15H22O3/c1-17-11-7-2-3-8-12-18-15(16)13-14-9-5-4-6-10-14/h4-6,9-10H,2-3,7-8,11-13H2,1H3. The Morgan fingerprint density at radius 1 is 1.00 bits per heavy atom. The molecule has 3 nitrogen and oxygen atoms in total. The van der Waals surface area contributed by atoms with Crippen LogP contribution in [0.15, 0.2) is 30.3 Å². The van der Waals surface area contributed by atoms with Crippen LogP contribution in [-0.2, 0) is 20.7 Å². The van der Waals surface area contributed by atoms with Gasteiger partial charge in [0.05, 0.1) is 13.0 Å². The van der Waals surface area contributed by atoms with Crippen LogP contribution < -0.4 is 0 Å². The highest BCUT2D eigenvalue weighted by Gasteiger charge is 2.03. The van der Waals surface area contributed by atoms with Crippen molar-refractivity contribution in [3.8, 4) is 0 Å². The fraction of sp³-hybridized carbons (Fsp3) is 0.533. The number of methoxy groups -OCH3 is 1. The van der Waals surface area contributed by atoms with Gasteiger partial charge >= 0.3 is 5.97 Å². The van der Waals surface area contributed by atoms with Crippen molar-refractivity contribution in [2.45, 2.75) is 32.1 Å². The van der Waals surface area contributed by atoms with E-state index < -0.39 is 0 Å². The highest BCUT2D eigenvalue weighted by atomic mass is 16.5. The minimum absolute atomic E-state index is 0.141. The lowest BCUT2D eigenvalue weighted by atomic mass is 10.1. The van der Waals surface area contributed by atoms with E-state index in [0.717, 1.165) is 37.9 Å². The molecule has 0 amide bonds. The molecule has 0 aliphatic carbocycles. The maximum Gasteiger partial charge on any atom is 0.310 e. The average molecular weight is 250 g/mol. The summed E-state index contributed by atoms with van der Waals surface area (Å²) in [4.78, 5) is 11.5. The van der Waals surface area contributed by atoms with E-state index in [1.54, 1.807) is 7.11 Å². The van der Waals surface area contributed by atoms with Crippen LogP contribution in [0.1, 0.15) is 31.2 Å². The largest absolute Gasteiger partial charge is 0.465 e. The smallest absolute Gasteiger partial charge is 0.310 e. The Labute approximate surface area is 109 Å². The molecule has 0 heterocycles. The van der Waals surface area contributed by atoms with Gasteiger partial charge in [-0.2, -0.15) is 0 Å². The van der Waals surface area contributed by atoms with E-state index in [2.05, 4.69) is 0 Å². The number of carbonyl (C=O) groups excluding carboxylic acids is 1. The van der Waals surface area contributed by atoms with E-state index in [1.165, 1.54) is 0 Å². The quantitative estimate of drug-likeness (QED) is 0.499. The van der Waals surface area contributed by atoms with Gasteiger partial charge in [0.25, 0.3) is 0 Å². The van der Waals surface area contributed by atoms with Crippen LogP contribution in [0, 0.1) is 0 Å². The number of esters is 1. The van der Waals surface area contributed by atoms with Crippen LogP contribution in [0.4, 0.5) is 0 Å². The molecular formula is C15H22O3. The fourth-order valence-corrected chi connectivity index (χ4v) is 1.70. The molecule has 0 unspecified atom stereocenters. The van der Waals surface area contributed by atoms with Gasteiger partial charge in [0.2, 0.25) is 0 Å². The van der Waals surface area contributed by atoms with Gasteiger partial charge in [-0.05, 0) is 24.8 Å². The second-order valence-corrected chi connectivity index (χ2v) is 4.29. The van der Waals surface area contributed by atoms with Crippen LogP contribution in [0.2, 0.25) is 0 Å². The van der Waals surface area contributed by atoms with Crippen molar-refractivity contribution in [1.29, 1.82) is 0 Å². The minimum atomic E-state index is -0.141. The van der Waals surface area contributed by atoms with Crippen LogP contribution in [0.5, 0.6) is 0 Å². The molecule has 100 valence electrons. The predicted octanol–water partition coefficient (Wildman–Crippen LogP) is 2.98. The monoisotopic (exact) mass is 250 g/mol. The SMILES string of the molecule is COCCCCCCOC(=O)Cc1ccccc1. The zero-order chi connectivity index (χ0) is 13.1. The van der Waals surface area contributed by atoms with Crippen LogP contribution in [-0.4, -0.2) is 26.3 Å². The predicted molar refractivity (Wildman–Crippen MR) is 71.4 cm³/mol. The fourth-order valence-electron chi connectivity index (χ4n) is 1.70. The maximum atomic E-state index is 11.5. The summed E-state index contributed by atoms with van der Waals surface area (Å²) in [6.45, 7) is 1.34. The summed E-state index contributed by atoms with van der Waals surface area (Å²) < 4.78 is 10.1.